The minimum atomic E-state index is 0.958. The molecule has 4 heteroatoms. The van der Waals surface area contributed by atoms with Crippen molar-refractivity contribution in [3.05, 3.63) is 35.7 Å². The van der Waals surface area contributed by atoms with E-state index in [1.54, 1.807) is 7.11 Å². The van der Waals surface area contributed by atoms with Crippen molar-refractivity contribution in [1.29, 1.82) is 0 Å². The van der Waals surface area contributed by atoms with Crippen molar-refractivity contribution in [3.8, 4) is 17.1 Å². The quantitative estimate of drug-likeness (QED) is 0.850. The van der Waals surface area contributed by atoms with Gasteiger partial charge in [-0.3, -0.25) is 0 Å². The van der Waals surface area contributed by atoms with Crippen molar-refractivity contribution in [1.82, 2.24) is 14.5 Å². The van der Waals surface area contributed by atoms with Gasteiger partial charge in [0.25, 0.3) is 0 Å². The Labute approximate surface area is 138 Å². The Morgan fingerprint density at radius 2 is 1.83 bits per heavy atom. The van der Waals surface area contributed by atoms with E-state index >= 15 is 0 Å². The third kappa shape index (κ3) is 2.88. The number of hydrogen-bond donors (Lipinski definition) is 0. The van der Waals surface area contributed by atoms with Crippen LogP contribution in [0, 0.1) is 0 Å². The van der Waals surface area contributed by atoms with Crippen molar-refractivity contribution < 1.29 is 4.74 Å². The van der Waals surface area contributed by atoms with Crippen LogP contribution in [0.15, 0.2) is 24.5 Å². The molecule has 1 fully saturated rings. The Morgan fingerprint density at radius 3 is 2.61 bits per heavy atom. The average Bonchev–Trinajstić information content (AvgIpc) is 3.31. The van der Waals surface area contributed by atoms with E-state index in [0.717, 1.165) is 30.2 Å². The molecule has 0 bridgehead atoms. The zero-order valence-corrected chi connectivity index (χ0v) is 13.9. The molecule has 0 unspecified atom stereocenters. The lowest BCUT2D eigenvalue weighted by atomic mass is 10.0. The molecular weight excluding hydrogens is 286 g/mol. The minimum absolute atomic E-state index is 0.958. The maximum Gasteiger partial charge on any atom is 0.143 e. The summed E-state index contributed by atoms with van der Waals surface area (Å²) < 4.78 is 7.94. The number of aromatic nitrogens is 2. The van der Waals surface area contributed by atoms with Crippen molar-refractivity contribution >= 4 is 0 Å². The normalized spacial score (nSPS) is 17.6. The van der Waals surface area contributed by atoms with Crippen LogP contribution in [0.25, 0.3) is 11.4 Å². The molecule has 122 valence electrons. The number of hydrogen-bond acceptors (Lipinski definition) is 3. The standard InChI is InChI=1S/C19H25N3O/c1-23-18-14-16-6-4-5-15(16)13-17(18)19-20-7-10-22(19)12-11-21-8-2-3-9-21/h7,10,13-14H,2-6,8-9,11-12H2,1H3. The van der Waals surface area contributed by atoms with E-state index in [2.05, 4.69) is 32.8 Å². The summed E-state index contributed by atoms with van der Waals surface area (Å²) in [6.45, 7) is 4.59. The summed E-state index contributed by atoms with van der Waals surface area (Å²) in [5, 5.41) is 0. The van der Waals surface area contributed by atoms with E-state index in [4.69, 9.17) is 4.74 Å². The highest BCUT2D eigenvalue weighted by atomic mass is 16.5. The zero-order chi connectivity index (χ0) is 15.6. The Kier molecular flexibility index (Phi) is 4.08. The van der Waals surface area contributed by atoms with Gasteiger partial charge in [0.05, 0.1) is 12.7 Å². The molecule has 0 spiro atoms. The SMILES string of the molecule is COc1cc2c(cc1-c1nccn1CCN1CCCC1)CCC2. The number of benzene rings is 1. The summed E-state index contributed by atoms with van der Waals surface area (Å²) in [7, 11) is 1.76. The molecule has 1 aromatic heterocycles. The number of rotatable bonds is 5. The van der Waals surface area contributed by atoms with E-state index in [0.29, 0.717) is 0 Å². The van der Waals surface area contributed by atoms with Crippen LogP contribution in [0.2, 0.25) is 0 Å². The second kappa shape index (κ2) is 6.36. The van der Waals surface area contributed by atoms with E-state index in [9.17, 15) is 0 Å². The van der Waals surface area contributed by atoms with Crippen LogP contribution in [-0.2, 0) is 19.4 Å². The molecule has 1 saturated heterocycles. The van der Waals surface area contributed by atoms with Gasteiger partial charge in [-0.15, -0.1) is 0 Å². The van der Waals surface area contributed by atoms with Crippen LogP contribution < -0.4 is 4.74 Å². The molecule has 0 radical (unpaired) electrons. The molecule has 0 saturated carbocycles. The molecule has 0 amide bonds. The molecule has 1 aromatic carbocycles. The van der Waals surface area contributed by atoms with E-state index in [-0.39, 0.29) is 0 Å². The van der Waals surface area contributed by atoms with Gasteiger partial charge in [0.15, 0.2) is 0 Å². The molecular formula is C19H25N3O. The van der Waals surface area contributed by atoms with Gasteiger partial charge in [-0.25, -0.2) is 4.98 Å². The molecule has 0 atom stereocenters. The molecule has 1 aliphatic heterocycles. The van der Waals surface area contributed by atoms with E-state index < -0.39 is 0 Å². The fourth-order valence-corrected chi connectivity index (χ4v) is 3.93. The summed E-state index contributed by atoms with van der Waals surface area (Å²) in [4.78, 5) is 7.18. The van der Waals surface area contributed by atoms with Crippen LogP contribution >= 0.6 is 0 Å². The summed E-state index contributed by atoms with van der Waals surface area (Å²) in [6.07, 6.45) is 10.3. The second-order valence-electron chi connectivity index (χ2n) is 6.67. The third-order valence-electron chi connectivity index (χ3n) is 5.23. The third-order valence-corrected chi connectivity index (χ3v) is 5.23. The highest BCUT2D eigenvalue weighted by Crippen LogP contribution is 2.35. The zero-order valence-electron chi connectivity index (χ0n) is 13.9. The minimum Gasteiger partial charge on any atom is -0.496 e. The van der Waals surface area contributed by atoms with E-state index in [1.807, 2.05) is 6.20 Å². The monoisotopic (exact) mass is 311 g/mol. The highest BCUT2D eigenvalue weighted by molar-refractivity contribution is 5.67. The van der Waals surface area contributed by atoms with Crippen LogP contribution in [0.4, 0.5) is 0 Å². The maximum absolute atomic E-state index is 5.66. The maximum atomic E-state index is 5.66. The van der Waals surface area contributed by atoms with Gasteiger partial charge in [-0.1, -0.05) is 0 Å². The highest BCUT2D eigenvalue weighted by Gasteiger charge is 2.19. The van der Waals surface area contributed by atoms with Crippen molar-refractivity contribution in [2.45, 2.75) is 38.6 Å². The first-order valence-corrected chi connectivity index (χ1v) is 8.79. The predicted octanol–water partition coefficient (Wildman–Crippen LogP) is 3.14. The van der Waals surface area contributed by atoms with E-state index in [1.165, 1.54) is 56.3 Å². The number of methoxy groups -OCH3 is 1. The van der Waals surface area contributed by atoms with Gasteiger partial charge in [-0.05, 0) is 68.5 Å². The van der Waals surface area contributed by atoms with Crippen LogP contribution in [0.5, 0.6) is 5.75 Å². The van der Waals surface area contributed by atoms with Gasteiger partial charge >= 0.3 is 0 Å². The van der Waals surface area contributed by atoms with Crippen LogP contribution in [-0.4, -0.2) is 41.2 Å². The second-order valence-corrected chi connectivity index (χ2v) is 6.67. The smallest absolute Gasteiger partial charge is 0.143 e. The van der Waals surface area contributed by atoms with Crippen molar-refractivity contribution in [2.75, 3.05) is 26.7 Å². The Bertz CT molecular complexity index is 686. The van der Waals surface area contributed by atoms with Crippen LogP contribution in [0.1, 0.15) is 30.4 Å². The average molecular weight is 311 g/mol. The largest absolute Gasteiger partial charge is 0.496 e. The first-order valence-electron chi connectivity index (χ1n) is 8.79. The predicted molar refractivity (Wildman–Crippen MR) is 91.9 cm³/mol. The van der Waals surface area contributed by atoms with Crippen molar-refractivity contribution in [3.63, 3.8) is 0 Å². The molecule has 2 aromatic rings. The lowest BCUT2D eigenvalue weighted by Crippen LogP contribution is -2.24. The number of likely N-dealkylation sites (tertiary alicyclic amines) is 1. The van der Waals surface area contributed by atoms with Gasteiger partial charge in [-0.2, -0.15) is 0 Å². The van der Waals surface area contributed by atoms with Gasteiger partial charge < -0.3 is 14.2 Å². The Hall–Kier alpha value is -1.81. The fourth-order valence-electron chi connectivity index (χ4n) is 3.93. The first kappa shape index (κ1) is 14.8. The fraction of sp³-hybridized carbons (Fsp3) is 0.526. The Morgan fingerprint density at radius 1 is 1.04 bits per heavy atom. The van der Waals surface area contributed by atoms with Gasteiger partial charge in [0, 0.05) is 25.5 Å². The molecule has 2 heterocycles. The summed E-state index contributed by atoms with van der Waals surface area (Å²) in [5.74, 6) is 2.00. The lowest BCUT2D eigenvalue weighted by molar-refractivity contribution is 0.323. The number of ether oxygens (including phenoxy) is 1. The Balaban J connectivity index is 1.61. The topological polar surface area (TPSA) is 30.3 Å². The summed E-state index contributed by atoms with van der Waals surface area (Å²) in [6, 6.07) is 4.52. The molecule has 1 aliphatic carbocycles. The number of imidazole rings is 1. The number of aryl methyl sites for hydroxylation is 2. The number of fused-ring (bicyclic) bond motifs is 1. The molecule has 23 heavy (non-hydrogen) atoms. The van der Waals surface area contributed by atoms with Gasteiger partial charge in [0.1, 0.15) is 11.6 Å². The summed E-state index contributed by atoms with van der Waals surface area (Å²) >= 11 is 0. The number of nitrogens with zero attached hydrogens (tertiary/aromatic N) is 3. The lowest BCUT2D eigenvalue weighted by Gasteiger charge is -2.17. The first-order chi connectivity index (χ1) is 11.3. The van der Waals surface area contributed by atoms with Crippen molar-refractivity contribution in [2.24, 2.45) is 0 Å². The molecule has 2 aliphatic rings. The van der Waals surface area contributed by atoms with Crippen LogP contribution in [0.3, 0.4) is 0 Å². The van der Waals surface area contributed by atoms with Gasteiger partial charge in [0.2, 0.25) is 0 Å². The summed E-state index contributed by atoms with van der Waals surface area (Å²) in [5.41, 5.74) is 4.05. The molecule has 4 nitrogen and oxygen atoms in total. The molecule has 0 N–H and O–H groups in total. The molecule has 4 rings (SSSR count).